The maximum atomic E-state index is 12.5. The summed E-state index contributed by atoms with van der Waals surface area (Å²) in [4.78, 5) is 36.0. The van der Waals surface area contributed by atoms with Gasteiger partial charge in [-0.1, -0.05) is 0 Å². The van der Waals surface area contributed by atoms with E-state index in [0.717, 1.165) is 0 Å². The van der Waals surface area contributed by atoms with E-state index in [1.54, 1.807) is 0 Å². The molecule has 3 atom stereocenters. The zero-order valence-corrected chi connectivity index (χ0v) is 11.7. The van der Waals surface area contributed by atoms with E-state index in [1.807, 2.05) is 0 Å². The molecular weight excluding hydrogens is 276 g/mol. The van der Waals surface area contributed by atoms with Crippen LogP contribution in [0.2, 0.25) is 0 Å². The highest BCUT2D eigenvalue weighted by molar-refractivity contribution is 6.21. The number of rotatable bonds is 4. The summed E-state index contributed by atoms with van der Waals surface area (Å²) in [6.45, 7) is 1.48. The quantitative estimate of drug-likeness (QED) is 0.633. The molecule has 6 heteroatoms. The Balaban J connectivity index is 2.60. The Morgan fingerprint density at radius 1 is 1.33 bits per heavy atom. The second-order valence-electron chi connectivity index (χ2n) is 5.15. The van der Waals surface area contributed by atoms with Gasteiger partial charge in [-0.3, -0.25) is 9.59 Å². The van der Waals surface area contributed by atoms with E-state index < -0.39 is 29.5 Å². The first-order valence-electron chi connectivity index (χ1n) is 6.53. The van der Waals surface area contributed by atoms with Crippen molar-refractivity contribution < 1.29 is 29.3 Å². The van der Waals surface area contributed by atoms with E-state index in [1.165, 1.54) is 26.2 Å². The summed E-state index contributed by atoms with van der Waals surface area (Å²) in [7, 11) is 1.37. The van der Waals surface area contributed by atoms with E-state index in [2.05, 4.69) is 0 Å². The number of methoxy groups -OCH3 is 1. The van der Waals surface area contributed by atoms with Gasteiger partial charge in [-0.05, 0) is 19.4 Å². The lowest BCUT2D eigenvalue weighted by Gasteiger charge is -2.28. The standard InChI is InChI=1S/C15H16O6/c1-7(17)3-9-11(6-16)15(20)13-10(14(9)19)4-8(21-2)5-12(13)18/h4-7,9,11,17-18H,3H2,1-2H3. The maximum Gasteiger partial charge on any atom is 0.178 e. The number of aliphatic hydroxyl groups is 1. The molecule has 0 amide bonds. The number of carbonyl (C=O) groups excluding carboxylic acids is 3. The third-order valence-corrected chi connectivity index (χ3v) is 3.65. The van der Waals surface area contributed by atoms with E-state index in [-0.39, 0.29) is 29.0 Å². The molecule has 1 aliphatic carbocycles. The smallest absolute Gasteiger partial charge is 0.178 e. The highest BCUT2D eigenvalue weighted by atomic mass is 16.5. The zero-order valence-electron chi connectivity index (χ0n) is 11.7. The molecule has 1 aliphatic rings. The summed E-state index contributed by atoms with van der Waals surface area (Å²) < 4.78 is 4.97. The first-order chi connectivity index (χ1) is 9.90. The normalized spacial score (nSPS) is 22.6. The minimum Gasteiger partial charge on any atom is -0.507 e. The van der Waals surface area contributed by atoms with Crippen LogP contribution in [0.1, 0.15) is 34.1 Å². The first kappa shape index (κ1) is 15.2. The fourth-order valence-corrected chi connectivity index (χ4v) is 2.66. The third kappa shape index (κ3) is 2.54. The van der Waals surface area contributed by atoms with Crippen molar-refractivity contribution in [2.24, 2.45) is 11.8 Å². The number of Topliss-reactive ketones (excluding diaryl/α,β-unsaturated/α-hetero) is 2. The molecule has 0 spiro atoms. The number of benzene rings is 1. The Morgan fingerprint density at radius 3 is 2.52 bits per heavy atom. The number of carbonyl (C=O) groups is 3. The molecule has 0 heterocycles. The fourth-order valence-electron chi connectivity index (χ4n) is 2.66. The molecule has 0 saturated carbocycles. The predicted molar refractivity (Wildman–Crippen MR) is 72.7 cm³/mol. The van der Waals surface area contributed by atoms with Gasteiger partial charge in [0.25, 0.3) is 0 Å². The molecule has 2 rings (SSSR count). The fraction of sp³-hybridized carbons (Fsp3) is 0.400. The Bertz CT molecular complexity index is 604. The van der Waals surface area contributed by atoms with Crippen molar-refractivity contribution in [1.29, 1.82) is 0 Å². The summed E-state index contributed by atoms with van der Waals surface area (Å²) in [5.41, 5.74) is -0.125. The van der Waals surface area contributed by atoms with E-state index >= 15 is 0 Å². The molecule has 1 aromatic rings. The maximum absolute atomic E-state index is 12.5. The first-order valence-corrected chi connectivity index (χ1v) is 6.53. The molecule has 0 aromatic heterocycles. The molecule has 0 aliphatic heterocycles. The second kappa shape index (κ2) is 5.65. The van der Waals surface area contributed by atoms with Crippen LogP contribution in [0.3, 0.4) is 0 Å². The zero-order chi connectivity index (χ0) is 15.7. The summed E-state index contributed by atoms with van der Waals surface area (Å²) in [6, 6.07) is 2.59. The van der Waals surface area contributed by atoms with Crippen LogP contribution < -0.4 is 4.74 Å². The number of aromatic hydroxyl groups is 1. The van der Waals surface area contributed by atoms with Crippen molar-refractivity contribution in [3.05, 3.63) is 23.3 Å². The summed E-state index contributed by atoms with van der Waals surface area (Å²) >= 11 is 0. The molecule has 6 nitrogen and oxygen atoms in total. The van der Waals surface area contributed by atoms with Crippen LogP contribution in [-0.2, 0) is 4.79 Å². The predicted octanol–water partition coefficient (Wildman–Crippen LogP) is 0.982. The highest BCUT2D eigenvalue weighted by Crippen LogP contribution is 2.38. The van der Waals surface area contributed by atoms with Gasteiger partial charge in [0.1, 0.15) is 17.8 Å². The average Bonchev–Trinajstić information content (AvgIpc) is 2.43. The molecule has 0 fully saturated rings. The van der Waals surface area contributed by atoms with Gasteiger partial charge in [0.05, 0.1) is 24.7 Å². The van der Waals surface area contributed by atoms with Gasteiger partial charge < -0.3 is 19.7 Å². The molecule has 2 N–H and O–H groups in total. The molecule has 3 unspecified atom stereocenters. The molecular formula is C15H16O6. The average molecular weight is 292 g/mol. The number of phenols is 1. The van der Waals surface area contributed by atoms with Crippen molar-refractivity contribution >= 4 is 17.9 Å². The second-order valence-corrected chi connectivity index (χ2v) is 5.15. The van der Waals surface area contributed by atoms with E-state index in [9.17, 15) is 24.6 Å². The number of fused-ring (bicyclic) bond motifs is 1. The van der Waals surface area contributed by atoms with Gasteiger partial charge in [-0.2, -0.15) is 0 Å². The van der Waals surface area contributed by atoms with Crippen LogP contribution in [0.25, 0.3) is 0 Å². The van der Waals surface area contributed by atoms with Crippen molar-refractivity contribution in [2.75, 3.05) is 7.11 Å². The number of aldehydes is 1. The van der Waals surface area contributed by atoms with Crippen LogP contribution in [-0.4, -0.2) is 41.3 Å². The number of hydrogen-bond donors (Lipinski definition) is 2. The molecule has 21 heavy (non-hydrogen) atoms. The number of ether oxygens (including phenoxy) is 1. The molecule has 0 saturated heterocycles. The van der Waals surface area contributed by atoms with Gasteiger partial charge in [0.2, 0.25) is 0 Å². The Hall–Kier alpha value is -2.21. The summed E-state index contributed by atoms with van der Waals surface area (Å²) in [6.07, 6.45) is -0.416. The molecule has 0 radical (unpaired) electrons. The van der Waals surface area contributed by atoms with Gasteiger partial charge in [0, 0.05) is 17.5 Å². The molecule has 112 valence electrons. The lowest BCUT2D eigenvalue weighted by atomic mass is 9.72. The van der Waals surface area contributed by atoms with Crippen LogP contribution in [0, 0.1) is 11.8 Å². The Kier molecular flexibility index (Phi) is 4.09. The third-order valence-electron chi connectivity index (χ3n) is 3.65. The van der Waals surface area contributed by atoms with Crippen LogP contribution in [0.5, 0.6) is 11.5 Å². The lowest BCUT2D eigenvalue weighted by Crippen LogP contribution is -2.39. The topological polar surface area (TPSA) is 101 Å². The minimum atomic E-state index is -1.18. The van der Waals surface area contributed by atoms with Crippen molar-refractivity contribution in [3.63, 3.8) is 0 Å². The van der Waals surface area contributed by atoms with Crippen molar-refractivity contribution in [3.8, 4) is 11.5 Å². The largest absolute Gasteiger partial charge is 0.507 e. The van der Waals surface area contributed by atoms with Gasteiger partial charge in [-0.15, -0.1) is 0 Å². The van der Waals surface area contributed by atoms with Crippen molar-refractivity contribution in [1.82, 2.24) is 0 Å². The summed E-state index contributed by atoms with van der Waals surface area (Å²) in [5, 5.41) is 19.4. The number of hydrogen-bond acceptors (Lipinski definition) is 6. The molecule has 1 aromatic carbocycles. The molecule has 0 bridgehead atoms. The van der Waals surface area contributed by atoms with Crippen molar-refractivity contribution in [2.45, 2.75) is 19.4 Å². The minimum absolute atomic E-state index is 0.00535. The monoisotopic (exact) mass is 292 g/mol. The summed E-state index contributed by atoms with van der Waals surface area (Å²) in [5.74, 6) is -3.30. The van der Waals surface area contributed by atoms with Crippen LogP contribution in [0.15, 0.2) is 12.1 Å². The van der Waals surface area contributed by atoms with Gasteiger partial charge in [-0.25, -0.2) is 0 Å². The number of phenolic OH excluding ortho intramolecular Hbond substituents is 1. The van der Waals surface area contributed by atoms with E-state index in [0.29, 0.717) is 6.29 Å². The Morgan fingerprint density at radius 2 is 2.00 bits per heavy atom. The van der Waals surface area contributed by atoms with Gasteiger partial charge in [0.15, 0.2) is 11.6 Å². The highest BCUT2D eigenvalue weighted by Gasteiger charge is 2.43. The van der Waals surface area contributed by atoms with Crippen LogP contribution >= 0.6 is 0 Å². The lowest BCUT2D eigenvalue weighted by molar-refractivity contribution is -0.111. The van der Waals surface area contributed by atoms with Gasteiger partial charge >= 0.3 is 0 Å². The number of aliphatic hydroxyl groups excluding tert-OH is 1. The number of ketones is 2. The Labute approximate surface area is 121 Å². The van der Waals surface area contributed by atoms with E-state index in [4.69, 9.17) is 4.74 Å². The van der Waals surface area contributed by atoms with Crippen LogP contribution in [0.4, 0.5) is 0 Å². The SMILES string of the molecule is COc1cc(O)c2c(c1)C(=O)C(CC(C)O)C(C=O)C2=O.